The summed E-state index contributed by atoms with van der Waals surface area (Å²) >= 11 is 0. The summed E-state index contributed by atoms with van der Waals surface area (Å²) < 4.78 is 5.69. The summed E-state index contributed by atoms with van der Waals surface area (Å²) in [6.45, 7) is 9.00. The van der Waals surface area contributed by atoms with Gasteiger partial charge in [-0.2, -0.15) is 0 Å². The topological polar surface area (TPSA) is 34.2 Å². The van der Waals surface area contributed by atoms with Gasteiger partial charge in [0.15, 0.2) is 0 Å². The van der Waals surface area contributed by atoms with Crippen LogP contribution in [0.25, 0.3) is 0 Å². The Morgan fingerprint density at radius 3 is 2.64 bits per heavy atom. The van der Waals surface area contributed by atoms with E-state index < -0.39 is 0 Å². The van der Waals surface area contributed by atoms with Crippen LogP contribution in [0.1, 0.15) is 27.7 Å². The molecule has 0 spiro atoms. The molecule has 0 radical (unpaired) electrons. The Hall–Kier alpha value is -1.25. The predicted octanol–water partition coefficient (Wildman–Crippen LogP) is 2.69. The fraction of sp³-hybridized carbons (Fsp3) is 0.545. The lowest BCUT2D eigenvalue weighted by atomic mass is 10.2. The molecule has 0 aliphatic carbocycles. The van der Waals surface area contributed by atoms with Gasteiger partial charge in [-0.1, -0.05) is 0 Å². The van der Waals surface area contributed by atoms with Gasteiger partial charge in [-0.25, -0.2) is 0 Å². The number of aromatic nitrogens is 1. The molecule has 14 heavy (non-hydrogen) atoms. The highest BCUT2D eigenvalue weighted by Crippen LogP contribution is 2.19. The van der Waals surface area contributed by atoms with Crippen molar-refractivity contribution in [3.05, 3.63) is 18.5 Å². The lowest BCUT2D eigenvalue weighted by molar-refractivity contribution is 0.130. The van der Waals surface area contributed by atoms with E-state index in [-0.39, 0.29) is 5.60 Å². The van der Waals surface area contributed by atoms with Crippen molar-refractivity contribution in [3.63, 3.8) is 0 Å². The Morgan fingerprint density at radius 2 is 2.07 bits per heavy atom. The van der Waals surface area contributed by atoms with Gasteiger partial charge in [0.05, 0.1) is 18.1 Å². The van der Waals surface area contributed by atoms with E-state index in [1.165, 1.54) is 0 Å². The number of rotatable bonds is 3. The maximum Gasteiger partial charge on any atom is 0.140 e. The molecule has 1 N–H and O–H groups in total. The zero-order valence-electron chi connectivity index (χ0n) is 9.29. The van der Waals surface area contributed by atoms with Crippen molar-refractivity contribution in [2.24, 2.45) is 0 Å². The average Bonchev–Trinajstić information content (AvgIpc) is 2.02. The van der Waals surface area contributed by atoms with Crippen LogP contribution in [0.3, 0.4) is 0 Å². The Morgan fingerprint density at radius 1 is 1.36 bits per heavy atom. The largest absolute Gasteiger partial charge is 0.486 e. The van der Waals surface area contributed by atoms with E-state index in [2.05, 4.69) is 17.2 Å². The zero-order valence-corrected chi connectivity index (χ0v) is 9.29. The molecular formula is C11H18N2O. The molecule has 0 aliphatic heterocycles. The third-order valence-electron chi connectivity index (χ3n) is 1.52. The third kappa shape index (κ3) is 3.64. The molecule has 78 valence electrons. The molecule has 1 rings (SSSR count). The predicted molar refractivity (Wildman–Crippen MR) is 58.8 cm³/mol. The van der Waals surface area contributed by atoms with E-state index in [0.29, 0.717) is 0 Å². The van der Waals surface area contributed by atoms with Crippen LogP contribution in [-0.2, 0) is 0 Å². The van der Waals surface area contributed by atoms with Crippen LogP contribution in [0.5, 0.6) is 5.75 Å². The van der Waals surface area contributed by atoms with Gasteiger partial charge in [0, 0.05) is 12.6 Å². The first-order chi connectivity index (χ1) is 6.51. The molecule has 0 atom stereocenters. The second-order valence-electron chi connectivity index (χ2n) is 4.15. The van der Waals surface area contributed by atoms with Crippen LogP contribution in [-0.4, -0.2) is 17.1 Å². The summed E-state index contributed by atoms with van der Waals surface area (Å²) in [5.41, 5.74) is 0.821. The minimum absolute atomic E-state index is 0.174. The van der Waals surface area contributed by atoms with Crippen molar-refractivity contribution in [1.82, 2.24) is 4.98 Å². The first kappa shape index (κ1) is 10.8. The van der Waals surface area contributed by atoms with Gasteiger partial charge in [-0.05, 0) is 27.7 Å². The lowest BCUT2D eigenvalue weighted by Crippen LogP contribution is -2.23. The summed E-state index contributed by atoms with van der Waals surface area (Å²) in [5, 5.41) is 3.19. The van der Waals surface area contributed by atoms with Gasteiger partial charge in [0.25, 0.3) is 0 Å². The standard InChI is InChI=1S/C11H18N2O/c1-5-13-9-6-10(8-12-7-9)14-11(2,3)4/h6-8,13H,5H2,1-4H3. The maximum atomic E-state index is 5.69. The van der Waals surface area contributed by atoms with E-state index in [1.807, 2.05) is 26.8 Å². The third-order valence-corrected chi connectivity index (χ3v) is 1.52. The first-order valence-electron chi connectivity index (χ1n) is 4.89. The molecule has 0 fully saturated rings. The summed E-state index contributed by atoms with van der Waals surface area (Å²) in [5.74, 6) is 0.802. The fourth-order valence-electron chi connectivity index (χ4n) is 1.13. The average molecular weight is 194 g/mol. The summed E-state index contributed by atoms with van der Waals surface area (Å²) in [6, 6.07) is 1.96. The Bertz CT molecular complexity index is 292. The van der Waals surface area contributed by atoms with Crippen molar-refractivity contribution in [3.8, 4) is 5.75 Å². The van der Waals surface area contributed by atoms with Crippen molar-refractivity contribution in [2.45, 2.75) is 33.3 Å². The van der Waals surface area contributed by atoms with Gasteiger partial charge >= 0.3 is 0 Å². The van der Waals surface area contributed by atoms with Gasteiger partial charge in [0.2, 0.25) is 0 Å². The molecular weight excluding hydrogens is 176 g/mol. The first-order valence-corrected chi connectivity index (χ1v) is 4.89. The quantitative estimate of drug-likeness (QED) is 0.803. The number of hydrogen-bond donors (Lipinski definition) is 1. The molecule has 0 bridgehead atoms. The summed E-state index contributed by atoms with van der Waals surface area (Å²) in [6.07, 6.45) is 3.52. The van der Waals surface area contributed by atoms with E-state index in [9.17, 15) is 0 Å². The van der Waals surface area contributed by atoms with Gasteiger partial charge in [-0.15, -0.1) is 0 Å². The van der Waals surface area contributed by atoms with E-state index >= 15 is 0 Å². The number of nitrogens with one attached hydrogen (secondary N) is 1. The van der Waals surface area contributed by atoms with Crippen molar-refractivity contribution < 1.29 is 4.74 Å². The fourth-order valence-corrected chi connectivity index (χ4v) is 1.13. The number of anilines is 1. The highest BCUT2D eigenvalue weighted by Gasteiger charge is 2.11. The minimum atomic E-state index is -0.174. The SMILES string of the molecule is CCNc1cncc(OC(C)(C)C)c1. The van der Waals surface area contributed by atoms with Crippen molar-refractivity contribution in [2.75, 3.05) is 11.9 Å². The van der Waals surface area contributed by atoms with Crippen LogP contribution in [0.4, 0.5) is 5.69 Å². The highest BCUT2D eigenvalue weighted by atomic mass is 16.5. The number of ether oxygens (including phenoxy) is 1. The van der Waals surface area contributed by atoms with E-state index in [0.717, 1.165) is 18.0 Å². The van der Waals surface area contributed by atoms with Gasteiger partial charge < -0.3 is 10.1 Å². The molecule has 0 saturated heterocycles. The molecule has 1 heterocycles. The van der Waals surface area contributed by atoms with Crippen molar-refractivity contribution in [1.29, 1.82) is 0 Å². The lowest BCUT2D eigenvalue weighted by Gasteiger charge is -2.21. The van der Waals surface area contributed by atoms with Crippen LogP contribution < -0.4 is 10.1 Å². The summed E-state index contributed by atoms with van der Waals surface area (Å²) in [7, 11) is 0. The summed E-state index contributed by atoms with van der Waals surface area (Å²) in [4.78, 5) is 4.10. The Kier molecular flexibility index (Phi) is 3.33. The molecule has 3 heteroatoms. The molecule has 0 saturated carbocycles. The van der Waals surface area contributed by atoms with Crippen LogP contribution >= 0.6 is 0 Å². The molecule has 0 aromatic carbocycles. The molecule has 1 aromatic heterocycles. The van der Waals surface area contributed by atoms with Gasteiger partial charge in [0.1, 0.15) is 11.4 Å². The molecule has 0 unspecified atom stereocenters. The molecule has 3 nitrogen and oxygen atoms in total. The number of nitrogens with zero attached hydrogens (tertiary/aromatic N) is 1. The Balaban J connectivity index is 2.73. The van der Waals surface area contributed by atoms with E-state index in [4.69, 9.17) is 4.74 Å². The Labute approximate surface area is 85.5 Å². The normalized spacial score (nSPS) is 11.1. The maximum absolute atomic E-state index is 5.69. The van der Waals surface area contributed by atoms with Crippen LogP contribution in [0.2, 0.25) is 0 Å². The van der Waals surface area contributed by atoms with Gasteiger partial charge in [-0.3, -0.25) is 4.98 Å². The molecule has 0 amide bonds. The van der Waals surface area contributed by atoms with Crippen molar-refractivity contribution >= 4 is 5.69 Å². The second-order valence-corrected chi connectivity index (χ2v) is 4.15. The van der Waals surface area contributed by atoms with Crippen LogP contribution in [0, 0.1) is 0 Å². The highest BCUT2D eigenvalue weighted by molar-refractivity contribution is 5.45. The number of hydrogen-bond acceptors (Lipinski definition) is 3. The monoisotopic (exact) mass is 194 g/mol. The molecule has 0 aliphatic rings. The van der Waals surface area contributed by atoms with Crippen LogP contribution in [0.15, 0.2) is 18.5 Å². The number of pyridine rings is 1. The smallest absolute Gasteiger partial charge is 0.140 e. The second kappa shape index (κ2) is 4.31. The van der Waals surface area contributed by atoms with E-state index in [1.54, 1.807) is 12.4 Å². The molecule has 1 aromatic rings. The zero-order chi connectivity index (χ0) is 10.6. The minimum Gasteiger partial charge on any atom is -0.486 e.